The fourth-order valence-corrected chi connectivity index (χ4v) is 4.02. The summed E-state index contributed by atoms with van der Waals surface area (Å²) in [6.07, 6.45) is 1.86. The molecule has 0 saturated carbocycles. The molecule has 1 aromatic carbocycles. The lowest BCUT2D eigenvalue weighted by Crippen LogP contribution is -2.55. The van der Waals surface area contributed by atoms with E-state index in [1.165, 1.54) is 0 Å². The van der Waals surface area contributed by atoms with E-state index in [9.17, 15) is 4.79 Å². The quantitative estimate of drug-likeness (QED) is 0.867. The number of carbonyl (C=O) groups excluding carboxylic acids is 1. The molecule has 2 aliphatic heterocycles. The Morgan fingerprint density at radius 3 is 2.74 bits per heavy atom. The average Bonchev–Trinajstić information content (AvgIpc) is 2.95. The standard InChI is InChI=1S/C17H20N2O3S/c1-17(10-21-11-17)15(20)19-8-6-12(7-9-19)22-16-18-13-4-2-3-5-14(13)23-16/h2-5,12H,6-11H2,1H3. The number of ether oxygens (including phenoxy) is 2. The van der Waals surface area contributed by atoms with Gasteiger partial charge in [0.1, 0.15) is 6.10 Å². The minimum atomic E-state index is -0.305. The lowest BCUT2D eigenvalue weighted by molar-refractivity contribution is -0.170. The molecule has 0 N–H and O–H groups in total. The van der Waals surface area contributed by atoms with Crippen LogP contribution in [0.3, 0.4) is 0 Å². The van der Waals surface area contributed by atoms with Gasteiger partial charge in [-0.3, -0.25) is 4.79 Å². The number of hydrogen-bond donors (Lipinski definition) is 0. The van der Waals surface area contributed by atoms with E-state index >= 15 is 0 Å². The molecule has 1 aromatic heterocycles. The molecule has 0 aliphatic carbocycles. The highest BCUT2D eigenvalue weighted by atomic mass is 32.1. The van der Waals surface area contributed by atoms with Gasteiger partial charge in [-0.15, -0.1) is 0 Å². The SMILES string of the molecule is CC1(C(=O)N2CCC(Oc3nc4ccccc4s3)CC2)COC1. The van der Waals surface area contributed by atoms with E-state index in [-0.39, 0.29) is 17.4 Å². The Balaban J connectivity index is 1.35. The first-order valence-corrected chi connectivity index (χ1v) is 8.85. The highest BCUT2D eigenvalue weighted by molar-refractivity contribution is 7.20. The minimum Gasteiger partial charge on any atom is -0.467 e. The number of piperidine rings is 1. The lowest BCUT2D eigenvalue weighted by Gasteiger charge is -2.42. The predicted molar refractivity (Wildman–Crippen MR) is 88.8 cm³/mol. The maximum Gasteiger partial charge on any atom is 0.274 e. The molecule has 0 bridgehead atoms. The molecule has 2 saturated heterocycles. The van der Waals surface area contributed by atoms with Gasteiger partial charge in [-0.1, -0.05) is 23.5 Å². The van der Waals surface area contributed by atoms with Crippen molar-refractivity contribution in [2.24, 2.45) is 5.41 Å². The highest BCUT2D eigenvalue weighted by Crippen LogP contribution is 2.32. The fourth-order valence-electron chi connectivity index (χ4n) is 3.13. The second-order valence-corrected chi connectivity index (χ2v) is 7.60. The summed E-state index contributed by atoms with van der Waals surface area (Å²) in [6, 6.07) is 8.06. The second-order valence-electron chi connectivity index (χ2n) is 6.61. The fraction of sp³-hybridized carbons (Fsp3) is 0.529. The number of benzene rings is 1. The van der Waals surface area contributed by atoms with Crippen LogP contribution in [0.2, 0.25) is 0 Å². The predicted octanol–water partition coefficient (Wildman–Crippen LogP) is 2.70. The van der Waals surface area contributed by atoms with E-state index in [2.05, 4.69) is 11.1 Å². The first kappa shape index (κ1) is 14.9. The van der Waals surface area contributed by atoms with E-state index in [1.807, 2.05) is 30.0 Å². The summed E-state index contributed by atoms with van der Waals surface area (Å²) in [6.45, 7) is 4.60. The largest absolute Gasteiger partial charge is 0.467 e. The van der Waals surface area contributed by atoms with Crippen LogP contribution in [0, 0.1) is 5.41 Å². The molecule has 3 heterocycles. The van der Waals surface area contributed by atoms with Crippen LogP contribution in [0.4, 0.5) is 0 Å². The number of aromatic nitrogens is 1. The van der Waals surface area contributed by atoms with Crippen LogP contribution in [0.15, 0.2) is 24.3 Å². The Labute approximate surface area is 139 Å². The van der Waals surface area contributed by atoms with Crippen LogP contribution in [-0.4, -0.2) is 48.2 Å². The molecule has 0 radical (unpaired) electrons. The highest BCUT2D eigenvalue weighted by Gasteiger charge is 2.44. The molecule has 0 atom stereocenters. The molecular weight excluding hydrogens is 312 g/mol. The Morgan fingerprint density at radius 2 is 2.09 bits per heavy atom. The van der Waals surface area contributed by atoms with Crippen molar-refractivity contribution in [1.82, 2.24) is 9.88 Å². The second kappa shape index (κ2) is 5.76. The molecule has 23 heavy (non-hydrogen) atoms. The average molecular weight is 332 g/mol. The Hall–Kier alpha value is -1.66. The van der Waals surface area contributed by atoms with Gasteiger partial charge >= 0.3 is 0 Å². The number of fused-ring (bicyclic) bond motifs is 1. The summed E-state index contributed by atoms with van der Waals surface area (Å²) in [5.74, 6) is 0.224. The molecule has 6 heteroatoms. The maximum absolute atomic E-state index is 12.5. The number of likely N-dealkylation sites (tertiary alicyclic amines) is 1. The molecule has 5 nitrogen and oxygen atoms in total. The number of para-hydroxylation sites is 1. The zero-order valence-corrected chi connectivity index (χ0v) is 14.0. The van der Waals surface area contributed by atoms with E-state index in [4.69, 9.17) is 9.47 Å². The summed E-state index contributed by atoms with van der Waals surface area (Å²) in [7, 11) is 0. The van der Waals surface area contributed by atoms with Gasteiger partial charge < -0.3 is 14.4 Å². The van der Waals surface area contributed by atoms with Gasteiger partial charge in [0, 0.05) is 25.9 Å². The van der Waals surface area contributed by atoms with Crippen molar-refractivity contribution in [2.45, 2.75) is 25.9 Å². The van der Waals surface area contributed by atoms with Crippen LogP contribution < -0.4 is 4.74 Å². The minimum absolute atomic E-state index is 0.144. The number of amides is 1. The third kappa shape index (κ3) is 2.81. The van der Waals surface area contributed by atoms with Crippen LogP contribution >= 0.6 is 11.3 Å². The summed E-state index contributed by atoms with van der Waals surface area (Å²) in [4.78, 5) is 19.0. The van der Waals surface area contributed by atoms with Gasteiger partial charge in [0.15, 0.2) is 0 Å². The summed E-state index contributed by atoms with van der Waals surface area (Å²) >= 11 is 1.58. The molecule has 0 spiro atoms. The zero-order valence-electron chi connectivity index (χ0n) is 13.2. The normalized spacial score (nSPS) is 21.2. The topological polar surface area (TPSA) is 51.7 Å². The number of carbonyl (C=O) groups is 1. The number of nitrogens with zero attached hydrogens (tertiary/aromatic N) is 2. The van der Waals surface area contributed by atoms with E-state index < -0.39 is 0 Å². The molecule has 4 rings (SSSR count). The smallest absolute Gasteiger partial charge is 0.274 e. The Bertz CT molecular complexity index is 684. The molecule has 1 amide bonds. The van der Waals surface area contributed by atoms with Gasteiger partial charge in [-0.2, -0.15) is 0 Å². The van der Waals surface area contributed by atoms with Gasteiger partial charge in [0.2, 0.25) is 5.91 Å². The van der Waals surface area contributed by atoms with Crippen LogP contribution in [0.25, 0.3) is 10.2 Å². The summed E-state index contributed by atoms with van der Waals surface area (Å²) in [5.41, 5.74) is 0.679. The number of thiazole rings is 1. The summed E-state index contributed by atoms with van der Waals surface area (Å²) in [5, 5.41) is 0.732. The van der Waals surface area contributed by atoms with Crippen molar-refractivity contribution >= 4 is 27.5 Å². The van der Waals surface area contributed by atoms with E-state index in [0.29, 0.717) is 13.2 Å². The van der Waals surface area contributed by atoms with E-state index in [1.54, 1.807) is 11.3 Å². The van der Waals surface area contributed by atoms with Crippen LogP contribution in [0.1, 0.15) is 19.8 Å². The van der Waals surface area contributed by atoms with Gasteiger partial charge in [0.05, 0.1) is 28.8 Å². The van der Waals surface area contributed by atoms with Crippen molar-refractivity contribution in [1.29, 1.82) is 0 Å². The number of rotatable bonds is 3. The van der Waals surface area contributed by atoms with E-state index in [0.717, 1.165) is 41.3 Å². The molecule has 122 valence electrons. The maximum atomic E-state index is 12.5. The molecule has 0 unspecified atom stereocenters. The van der Waals surface area contributed by atoms with Crippen LogP contribution in [-0.2, 0) is 9.53 Å². The van der Waals surface area contributed by atoms with Crippen molar-refractivity contribution in [2.75, 3.05) is 26.3 Å². The van der Waals surface area contributed by atoms with Gasteiger partial charge in [-0.25, -0.2) is 4.98 Å². The van der Waals surface area contributed by atoms with Crippen molar-refractivity contribution in [3.05, 3.63) is 24.3 Å². The van der Waals surface area contributed by atoms with Crippen molar-refractivity contribution < 1.29 is 14.3 Å². The Kier molecular flexibility index (Phi) is 3.73. The summed E-state index contributed by atoms with van der Waals surface area (Å²) < 4.78 is 12.4. The number of hydrogen-bond acceptors (Lipinski definition) is 5. The molecule has 2 fully saturated rings. The molecule has 2 aromatic rings. The van der Waals surface area contributed by atoms with Gasteiger partial charge in [-0.05, 0) is 19.1 Å². The third-order valence-corrected chi connectivity index (χ3v) is 5.56. The third-order valence-electron chi connectivity index (χ3n) is 4.63. The van der Waals surface area contributed by atoms with Crippen molar-refractivity contribution in [3.63, 3.8) is 0 Å². The lowest BCUT2D eigenvalue weighted by atomic mass is 9.86. The Morgan fingerprint density at radius 1 is 1.35 bits per heavy atom. The first-order chi connectivity index (χ1) is 11.1. The monoisotopic (exact) mass is 332 g/mol. The first-order valence-electron chi connectivity index (χ1n) is 8.03. The van der Waals surface area contributed by atoms with Gasteiger partial charge in [0.25, 0.3) is 5.19 Å². The van der Waals surface area contributed by atoms with Crippen molar-refractivity contribution in [3.8, 4) is 5.19 Å². The zero-order chi connectivity index (χ0) is 15.9. The molecule has 2 aliphatic rings. The van der Waals surface area contributed by atoms with Crippen LogP contribution in [0.5, 0.6) is 5.19 Å². The molecular formula is C17H20N2O3S.